The molecule has 0 saturated carbocycles. The van der Waals surface area contributed by atoms with Crippen molar-refractivity contribution in [3.63, 3.8) is 0 Å². The number of esters is 1. The monoisotopic (exact) mass is 477 g/mol. The Morgan fingerprint density at radius 2 is 1.84 bits per heavy atom. The minimum Gasteiger partial charge on any atom is -0.496 e. The van der Waals surface area contributed by atoms with Crippen molar-refractivity contribution in [3.8, 4) is 5.75 Å². The number of nitro benzene ring substituents is 1. The van der Waals surface area contributed by atoms with E-state index in [1.165, 1.54) is 7.11 Å². The number of hydrogen-bond acceptors (Lipinski definition) is 8. The number of anilines is 1. The van der Waals surface area contributed by atoms with Gasteiger partial charge in [-0.3, -0.25) is 14.9 Å². The van der Waals surface area contributed by atoms with Gasteiger partial charge in [0.05, 0.1) is 22.5 Å². The van der Waals surface area contributed by atoms with Gasteiger partial charge in [-0.1, -0.05) is 0 Å². The number of amides is 1. The predicted molar refractivity (Wildman–Crippen MR) is 101 cm³/mol. The van der Waals surface area contributed by atoms with Crippen LogP contribution in [-0.4, -0.2) is 38.9 Å². The third kappa shape index (κ3) is 5.92. The van der Waals surface area contributed by atoms with Gasteiger partial charge in [-0.2, -0.15) is 13.2 Å². The zero-order valence-corrected chi connectivity index (χ0v) is 16.8. The van der Waals surface area contributed by atoms with E-state index in [2.05, 4.69) is 0 Å². The molecule has 0 aliphatic rings. The molecule has 11 nitrogen and oxygen atoms in total. The molecular formula is C17H14F3N3O8S. The summed E-state index contributed by atoms with van der Waals surface area (Å²) in [5.74, 6) is -2.40. The van der Waals surface area contributed by atoms with Gasteiger partial charge in [0.2, 0.25) is 10.0 Å². The lowest BCUT2D eigenvalue weighted by Crippen LogP contribution is -2.22. The van der Waals surface area contributed by atoms with E-state index in [4.69, 9.17) is 14.6 Å². The quantitative estimate of drug-likeness (QED) is 0.347. The van der Waals surface area contributed by atoms with Gasteiger partial charge in [-0.25, -0.2) is 18.4 Å². The van der Waals surface area contributed by atoms with Crippen LogP contribution in [0.5, 0.6) is 5.75 Å². The molecular weight excluding hydrogens is 463 g/mol. The minimum atomic E-state index is -4.84. The summed E-state index contributed by atoms with van der Waals surface area (Å²) in [6, 6.07) is 4.50. The molecule has 0 fully saturated rings. The highest BCUT2D eigenvalue weighted by molar-refractivity contribution is 7.89. The maximum atomic E-state index is 12.7. The number of carbonyl (C=O) groups is 2. The Labute approximate surface area is 178 Å². The van der Waals surface area contributed by atoms with Crippen LogP contribution in [0.25, 0.3) is 0 Å². The molecule has 0 aliphatic heterocycles. The van der Waals surface area contributed by atoms with Gasteiger partial charge in [0, 0.05) is 6.07 Å². The number of halogens is 3. The molecule has 1 amide bonds. The third-order valence-electron chi connectivity index (χ3n) is 3.85. The summed E-state index contributed by atoms with van der Waals surface area (Å²) in [6.07, 6.45) is -4.84. The van der Waals surface area contributed by atoms with Crippen LogP contribution in [0, 0.1) is 10.1 Å². The van der Waals surface area contributed by atoms with Crippen LogP contribution < -0.4 is 15.2 Å². The van der Waals surface area contributed by atoms with Crippen molar-refractivity contribution in [1.82, 2.24) is 0 Å². The second kappa shape index (κ2) is 9.19. The van der Waals surface area contributed by atoms with Crippen molar-refractivity contribution in [2.45, 2.75) is 11.1 Å². The van der Waals surface area contributed by atoms with E-state index in [0.29, 0.717) is 12.1 Å². The van der Waals surface area contributed by atoms with E-state index in [9.17, 15) is 41.3 Å². The molecule has 0 spiro atoms. The van der Waals surface area contributed by atoms with Crippen molar-refractivity contribution < 1.29 is 45.6 Å². The number of nitrogens with zero attached hydrogens (tertiary/aromatic N) is 1. The fourth-order valence-corrected chi connectivity index (χ4v) is 2.92. The highest BCUT2D eigenvalue weighted by Crippen LogP contribution is 2.35. The number of alkyl halides is 3. The largest absolute Gasteiger partial charge is 0.496 e. The summed E-state index contributed by atoms with van der Waals surface area (Å²) in [7, 11) is -2.99. The summed E-state index contributed by atoms with van der Waals surface area (Å²) in [4.78, 5) is 33.7. The van der Waals surface area contributed by atoms with Crippen molar-refractivity contribution in [2.24, 2.45) is 5.14 Å². The molecule has 0 radical (unpaired) electrons. The molecule has 32 heavy (non-hydrogen) atoms. The lowest BCUT2D eigenvalue weighted by atomic mass is 10.1. The molecule has 2 aromatic carbocycles. The Morgan fingerprint density at radius 1 is 1.19 bits per heavy atom. The molecule has 15 heteroatoms. The van der Waals surface area contributed by atoms with Crippen molar-refractivity contribution in [1.29, 1.82) is 0 Å². The van der Waals surface area contributed by atoms with E-state index in [-0.39, 0.29) is 17.4 Å². The number of ether oxygens (including phenoxy) is 2. The van der Waals surface area contributed by atoms with Crippen LogP contribution >= 0.6 is 0 Å². The van der Waals surface area contributed by atoms with Crippen molar-refractivity contribution >= 4 is 33.3 Å². The molecule has 2 rings (SSSR count). The SMILES string of the molecule is COc1ccc(S(N)(=O)=O)cc1C(=O)OCC(=O)Nc1ccc(C(F)(F)F)cc1[N+](=O)[O-]. The lowest BCUT2D eigenvalue weighted by molar-refractivity contribution is -0.384. The van der Waals surface area contributed by atoms with Gasteiger partial charge >= 0.3 is 12.1 Å². The zero-order valence-electron chi connectivity index (χ0n) is 16.0. The van der Waals surface area contributed by atoms with Gasteiger partial charge in [-0.05, 0) is 30.3 Å². The van der Waals surface area contributed by atoms with Crippen molar-refractivity contribution in [3.05, 3.63) is 57.6 Å². The zero-order chi connectivity index (χ0) is 24.3. The van der Waals surface area contributed by atoms with E-state index in [1.54, 1.807) is 0 Å². The maximum Gasteiger partial charge on any atom is 0.416 e. The van der Waals surface area contributed by atoms with E-state index in [0.717, 1.165) is 18.2 Å². The summed E-state index contributed by atoms with van der Waals surface area (Å²) < 4.78 is 70.7. The molecule has 0 unspecified atom stereocenters. The van der Waals surface area contributed by atoms with E-state index < -0.39 is 61.4 Å². The first kappa shape index (κ1) is 24.5. The van der Waals surface area contributed by atoms with Gasteiger partial charge in [-0.15, -0.1) is 0 Å². The number of nitrogens with two attached hydrogens (primary N) is 1. The number of sulfonamides is 1. The fourth-order valence-electron chi connectivity index (χ4n) is 2.38. The number of nitrogens with one attached hydrogen (secondary N) is 1. The highest BCUT2D eigenvalue weighted by atomic mass is 32.2. The lowest BCUT2D eigenvalue weighted by Gasteiger charge is -2.11. The number of benzene rings is 2. The second-order valence-electron chi connectivity index (χ2n) is 6.02. The number of hydrogen-bond donors (Lipinski definition) is 2. The van der Waals surface area contributed by atoms with Crippen LogP contribution in [-0.2, 0) is 25.7 Å². The molecule has 0 aliphatic carbocycles. The van der Waals surface area contributed by atoms with Crippen LogP contribution in [0.1, 0.15) is 15.9 Å². The summed E-state index contributed by atoms with van der Waals surface area (Å²) in [6.45, 7) is -1.00. The number of nitro groups is 1. The molecule has 172 valence electrons. The minimum absolute atomic E-state index is 0.0961. The van der Waals surface area contributed by atoms with Crippen LogP contribution in [0.15, 0.2) is 41.3 Å². The number of carbonyl (C=O) groups excluding carboxylic acids is 2. The second-order valence-corrected chi connectivity index (χ2v) is 7.58. The highest BCUT2D eigenvalue weighted by Gasteiger charge is 2.33. The first-order valence-electron chi connectivity index (χ1n) is 8.27. The molecule has 0 bridgehead atoms. The summed E-state index contributed by atoms with van der Waals surface area (Å²) in [5, 5.41) is 18.0. The third-order valence-corrected chi connectivity index (χ3v) is 4.76. The standard InChI is InChI=1S/C17H14F3N3O8S/c1-30-14-5-3-10(32(21,28)29)7-11(14)16(25)31-8-15(24)22-12-4-2-9(17(18,19)20)6-13(12)23(26)27/h2-7H,8H2,1H3,(H,22,24)(H2,21,28,29). The normalized spacial score (nSPS) is 11.5. The maximum absolute atomic E-state index is 12.7. The fraction of sp³-hybridized carbons (Fsp3) is 0.176. The van der Waals surface area contributed by atoms with Gasteiger partial charge < -0.3 is 14.8 Å². The van der Waals surface area contributed by atoms with E-state index in [1.807, 2.05) is 5.32 Å². The van der Waals surface area contributed by atoms with Gasteiger partial charge in [0.1, 0.15) is 17.0 Å². The van der Waals surface area contributed by atoms with Crippen LogP contribution in [0.4, 0.5) is 24.5 Å². The topological polar surface area (TPSA) is 168 Å². The van der Waals surface area contributed by atoms with Crippen LogP contribution in [0.3, 0.4) is 0 Å². The van der Waals surface area contributed by atoms with Gasteiger partial charge in [0.15, 0.2) is 6.61 Å². The Hall–Kier alpha value is -3.72. The molecule has 0 aromatic heterocycles. The summed E-state index contributed by atoms with van der Waals surface area (Å²) >= 11 is 0. The van der Waals surface area contributed by atoms with Crippen LogP contribution in [0.2, 0.25) is 0 Å². The summed E-state index contributed by atoms with van der Waals surface area (Å²) in [5.41, 5.74) is -3.26. The predicted octanol–water partition coefficient (Wildman–Crippen LogP) is 2.07. The van der Waals surface area contributed by atoms with E-state index >= 15 is 0 Å². The Balaban J connectivity index is 2.17. The number of methoxy groups -OCH3 is 1. The van der Waals surface area contributed by atoms with Gasteiger partial charge in [0.25, 0.3) is 11.6 Å². The number of primary sulfonamides is 1. The first-order valence-corrected chi connectivity index (χ1v) is 9.82. The number of rotatable bonds is 7. The molecule has 0 saturated heterocycles. The average molecular weight is 477 g/mol. The Kier molecular flexibility index (Phi) is 7.05. The average Bonchev–Trinajstić information content (AvgIpc) is 2.70. The smallest absolute Gasteiger partial charge is 0.416 e. The molecule has 0 atom stereocenters. The molecule has 2 aromatic rings. The van der Waals surface area contributed by atoms with Crippen molar-refractivity contribution in [2.75, 3.05) is 19.0 Å². The first-order chi connectivity index (χ1) is 14.7. The Morgan fingerprint density at radius 3 is 2.38 bits per heavy atom. The molecule has 3 N–H and O–H groups in total. The Bertz CT molecular complexity index is 1180. The molecule has 0 heterocycles.